The van der Waals surface area contributed by atoms with Gasteiger partial charge in [0.15, 0.2) is 6.29 Å². The van der Waals surface area contributed by atoms with Crippen molar-refractivity contribution in [2.45, 2.75) is 18.9 Å². The van der Waals surface area contributed by atoms with Crippen LogP contribution in [0.25, 0.3) is 0 Å². The molecule has 1 aliphatic rings. The van der Waals surface area contributed by atoms with Crippen molar-refractivity contribution in [2.24, 2.45) is 4.99 Å². The van der Waals surface area contributed by atoms with E-state index in [0.29, 0.717) is 46.7 Å². The van der Waals surface area contributed by atoms with E-state index in [9.17, 15) is 4.79 Å². The van der Waals surface area contributed by atoms with Gasteiger partial charge in [0.1, 0.15) is 17.7 Å². The Morgan fingerprint density at radius 3 is 2.66 bits per heavy atom. The number of pyridine rings is 1. The topological polar surface area (TPSA) is 151 Å². The van der Waals surface area contributed by atoms with E-state index in [0.717, 1.165) is 38.0 Å². The lowest BCUT2D eigenvalue weighted by atomic mass is 10.1. The highest BCUT2D eigenvalue weighted by molar-refractivity contribution is 5.88. The van der Waals surface area contributed by atoms with E-state index in [1.165, 1.54) is 6.20 Å². The molecule has 11 heteroatoms. The molecule has 0 unspecified atom stereocenters. The molecule has 0 bridgehead atoms. The van der Waals surface area contributed by atoms with E-state index in [2.05, 4.69) is 47.8 Å². The van der Waals surface area contributed by atoms with E-state index in [4.69, 9.17) is 10.5 Å². The molecule has 3 heterocycles. The maximum absolute atomic E-state index is 11.5. The first-order chi connectivity index (χ1) is 18.6. The third-order valence-corrected chi connectivity index (χ3v) is 5.45. The maximum atomic E-state index is 11.5. The highest BCUT2D eigenvalue weighted by atomic mass is 16.5. The van der Waals surface area contributed by atoms with Crippen LogP contribution >= 0.6 is 0 Å². The highest BCUT2D eigenvalue weighted by Gasteiger charge is 2.15. The van der Waals surface area contributed by atoms with Crippen molar-refractivity contribution < 1.29 is 9.53 Å². The van der Waals surface area contributed by atoms with Gasteiger partial charge in [0.25, 0.3) is 0 Å². The summed E-state index contributed by atoms with van der Waals surface area (Å²) in [6.07, 6.45) is 7.65. The Morgan fingerprint density at radius 2 is 2.00 bits per heavy atom. The predicted octanol–water partition coefficient (Wildman–Crippen LogP) is 3.32. The molecule has 11 nitrogen and oxygen atoms in total. The van der Waals surface area contributed by atoms with Gasteiger partial charge in [0, 0.05) is 49.0 Å². The van der Waals surface area contributed by atoms with Gasteiger partial charge in [-0.2, -0.15) is 9.97 Å². The number of ether oxygens (including phenoxy) is 1. The Kier molecular flexibility index (Phi) is 11.2. The Bertz CT molecular complexity index is 1230. The Morgan fingerprint density at radius 1 is 1.18 bits per heavy atom. The van der Waals surface area contributed by atoms with Gasteiger partial charge in [0.05, 0.1) is 5.56 Å². The van der Waals surface area contributed by atoms with Gasteiger partial charge in [-0.25, -0.2) is 4.98 Å². The number of nitrogens with two attached hydrogens (primary N) is 1. The molecule has 38 heavy (non-hydrogen) atoms. The number of aldehydes is 1. The van der Waals surface area contributed by atoms with Crippen molar-refractivity contribution in [3.05, 3.63) is 66.4 Å². The minimum atomic E-state index is 0.136. The number of benzene rings is 1. The zero-order chi connectivity index (χ0) is 27.2. The Hall–Kier alpha value is -4.35. The third-order valence-electron chi connectivity index (χ3n) is 5.45. The van der Waals surface area contributed by atoms with E-state index < -0.39 is 0 Å². The molecule has 4 rings (SSSR count). The smallest absolute Gasteiger partial charge is 0.229 e. The lowest BCUT2D eigenvalue weighted by Crippen LogP contribution is -2.34. The highest BCUT2D eigenvalue weighted by Crippen LogP contribution is 2.23. The number of rotatable bonds is 10. The summed E-state index contributed by atoms with van der Waals surface area (Å²) in [4.78, 5) is 28.7. The molecule has 1 aromatic carbocycles. The minimum Gasteiger partial charge on any atom is -0.474 e. The normalized spacial score (nSPS) is 13.3. The van der Waals surface area contributed by atoms with Crippen LogP contribution in [0.3, 0.4) is 0 Å². The van der Waals surface area contributed by atoms with Crippen molar-refractivity contribution in [1.29, 1.82) is 0 Å². The van der Waals surface area contributed by atoms with Crippen LogP contribution in [-0.4, -0.2) is 67.3 Å². The molecule has 0 aliphatic carbocycles. The Balaban J connectivity index is 0.000000732. The van der Waals surface area contributed by atoms with E-state index in [1.807, 2.05) is 37.4 Å². The quantitative estimate of drug-likeness (QED) is 0.117. The minimum absolute atomic E-state index is 0.136. The second-order valence-corrected chi connectivity index (χ2v) is 8.37. The summed E-state index contributed by atoms with van der Waals surface area (Å²) in [7, 11) is 3.58. The number of nitrogens with one attached hydrogen (secondary N) is 4. The first-order valence-corrected chi connectivity index (χ1v) is 12.3. The number of aromatic nitrogens is 3. The molecule has 6 N–H and O–H groups in total. The molecular formula is C27H35N9O2. The molecule has 0 radical (unpaired) electrons. The SMILES string of the molecule is C=CCNC.CN=Cc1ccc(Nc2ncc(C=O)c(Nc3cccc(OC4CCNCC4)n3)n2)cc1N. The van der Waals surface area contributed by atoms with Crippen molar-refractivity contribution in [3.8, 4) is 5.88 Å². The molecule has 3 aromatic rings. The number of nitrogen functional groups attached to an aromatic ring is 1. The van der Waals surface area contributed by atoms with Crippen LogP contribution in [0.4, 0.5) is 29.0 Å². The summed E-state index contributed by atoms with van der Waals surface area (Å²) < 4.78 is 6.00. The zero-order valence-corrected chi connectivity index (χ0v) is 21.8. The van der Waals surface area contributed by atoms with Gasteiger partial charge in [-0.1, -0.05) is 12.1 Å². The van der Waals surface area contributed by atoms with Gasteiger partial charge in [-0.15, -0.1) is 6.58 Å². The number of carbonyl (C=O) groups excluding carboxylic acids is 1. The number of hydrogen-bond donors (Lipinski definition) is 5. The summed E-state index contributed by atoms with van der Waals surface area (Å²) in [6.45, 7) is 6.26. The summed E-state index contributed by atoms with van der Waals surface area (Å²) in [5.41, 5.74) is 8.47. The van der Waals surface area contributed by atoms with Gasteiger partial charge < -0.3 is 31.7 Å². The summed E-state index contributed by atoms with van der Waals surface area (Å²) in [6, 6.07) is 10.9. The summed E-state index contributed by atoms with van der Waals surface area (Å²) >= 11 is 0. The van der Waals surface area contributed by atoms with Gasteiger partial charge in [-0.3, -0.25) is 9.79 Å². The number of carbonyl (C=O) groups is 1. The number of likely N-dealkylation sites (N-methyl/N-ethyl adjacent to an activating group) is 1. The number of nitrogens with zero attached hydrogens (tertiary/aromatic N) is 4. The number of anilines is 5. The van der Waals surface area contributed by atoms with Gasteiger partial charge >= 0.3 is 0 Å². The first kappa shape index (κ1) is 28.2. The molecule has 0 atom stereocenters. The number of hydrogen-bond acceptors (Lipinski definition) is 11. The molecular weight excluding hydrogens is 482 g/mol. The maximum Gasteiger partial charge on any atom is 0.229 e. The van der Waals surface area contributed by atoms with Crippen LogP contribution in [0.5, 0.6) is 5.88 Å². The van der Waals surface area contributed by atoms with Crippen LogP contribution in [0.15, 0.2) is 60.2 Å². The fraction of sp³-hybridized carbons (Fsp3) is 0.296. The van der Waals surface area contributed by atoms with Gasteiger partial charge in [0.2, 0.25) is 11.8 Å². The second-order valence-electron chi connectivity index (χ2n) is 8.37. The van der Waals surface area contributed by atoms with Crippen LogP contribution in [-0.2, 0) is 0 Å². The van der Waals surface area contributed by atoms with Gasteiger partial charge in [-0.05, 0) is 57.2 Å². The molecule has 2 aromatic heterocycles. The number of piperidine rings is 1. The van der Waals surface area contributed by atoms with Crippen molar-refractivity contribution in [3.63, 3.8) is 0 Å². The monoisotopic (exact) mass is 517 g/mol. The van der Waals surface area contributed by atoms with E-state index >= 15 is 0 Å². The second kappa shape index (κ2) is 15.0. The van der Waals surface area contributed by atoms with E-state index in [1.54, 1.807) is 25.4 Å². The molecule has 0 amide bonds. The molecule has 1 aliphatic heterocycles. The standard InChI is InChI=1S/C23H26N8O2.C4H9N/c1-25-12-15-5-6-17(11-19(15)24)28-23-27-13-16(14-32)22(31-23)30-20-3-2-4-21(29-20)33-18-7-9-26-10-8-18;1-3-4-5-2/h2-6,11-14,18,26H,7-10,24H2,1H3,(H2,27,28,29,30,31);3,5H,1,4H2,2H3. The molecule has 1 saturated heterocycles. The molecule has 0 saturated carbocycles. The number of aliphatic imine (C=N–C) groups is 1. The molecule has 200 valence electrons. The Labute approximate surface area is 223 Å². The predicted molar refractivity (Wildman–Crippen MR) is 153 cm³/mol. The third kappa shape index (κ3) is 8.64. The van der Waals surface area contributed by atoms with Crippen LogP contribution in [0.2, 0.25) is 0 Å². The average molecular weight is 518 g/mol. The van der Waals surface area contributed by atoms with Crippen molar-refractivity contribution in [2.75, 3.05) is 50.1 Å². The van der Waals surface area contributed by atoms with Crippen LogP contribution in [0, 0.1) is 0 Å². The largest absolute Gasteiger partial charge is 0.474 e. The molecule has 1 fully saturated rings. The van der Waals surface area contributed by atoms with Crippen LogP contribution in [0.1, 0.15) is 28.8 Å². The fourth-order valence-electron chi connectivity index (χ4n) is 3.58. The van der Waals surface area contributed by atoms with E-state index in [-0.39, 0.29) is 6.10 Å². The lowest BCUT2D eigenvalue weighted by molar-refractivity contribution is 0.112. The van der Waals surface area contributed by atoms with Crippen LogP contribution < -0.4 is 31.7 Å². The average Bonchev–Trinajstić information content (AvgIpc) is 2.92. The lowest BCUT2D eigenvalue weighted by Gasteiger charge is -2.23. The first-order valence-electron chi connectivity index (χ1n) is 12.3. The summed E-state index contributed by atoms with van der Waals surface area (Å²) in [5, 5.41) is 12.4. The fourth-order valence-corrected chi connectivity index (χ4v) is 3.58. The van der Waals surface area contributed by atoms with Crippen molar-refractivity contribution >= 4 is 41.5 Å². The molecule has 0 spiro atoms. The zero-order valence-electron chi connectivity index (χ0n) is 21.8. The van der Waals surface area contributed by atoms with Crippen molar-refractivity contribution in [1.82, 2.24) is 25.6 Å². The summed E-state index contributed by atoms with van der Waals surface area (Å²) in [5.74, 6) is 1.68.